The molecule has 1 unspecified atom stereocenters. The van der Waals surface area contributed by atoms with Crippen LogP contribution in [0.25, 0.3) is 0 Å². The van der Waals surface area contributed by atoms with Gasteiger partial charge in [0.25, 0.3) is 0 Å². The van der Waals surface area contributed by atoms with Crippen molar-refractivity contribution in [2.75, 3.05) is 0 Å². The fourth-order valence-corrected chi connectivity index (χ4v) is 3.52. The molecule has 21 heavy (non-hydrogen) atoms. The molecule has 0 saturated heterocycles. The third kappa shape index (κ3) is 3.35. The zero-order valence-corrected chi connectivity index (χ0v) is 13.4. The molecular formula is C19H23ClO. The Balaban J connectivity index is 1.73. The average molecular weight is 303 g/mol. The summed E-state index contributed by atoms with van der Waals surface area (Å²) in [6.45, 7) is 2.09. The lowest BCUT2D eigenvalue weighted by Crippen LogP contribution is -2.04. The number of halogens is 1. The van der Waals surface area contributed by atoms with Gasteiger partial charge in [-0.25, -0.2) is 0 Å². The average Bonchev–Trinajstić information content (AvgIpc) is 3.04. The number of benzene rings is 1. The second-order valence-corrected chi connectivity index (χ2v) is 6.46. The maximum atomic E-state index is 6.55. The molecule has 1 aromatic carbocycles. The van der Waals surface area contributed by atoms with Gasteiger partial charge in [-0.2, -0.15) is 0 Å². The monoisotopic (exact) mass is 302 g/mol. The predicted octanol–water partition coefficient (Wildman–Crippen LogP) is 6.22. The van der Waals surface area contributed by atoms with Gasteiger partial charge in [-0.1, -0.05) is 50.5 Å². The molecule has 0 radical (unpaired) electrons. The van der Waals surface area contributed by atoms with Gasteiger partial charge in [-0.15, -0.1) is 11.6 Å². The van der Waals surface area contributed by atoms with E-state index < -0.39 is 0 Å². The highest BCUT2D eigenvalue weighted by Gasteiger charge is 2.18. The van der Waals surface area contributed by atoms with Gasteiger partial charge in [0.1, 0.15) is 16.9 Å². The Kier molecular flexibility index (Phi) is 4.70. The Hall–Kier alpha value is -1.21. The lowest BCUT2D eigenvalue weighted by atomic mass is 9.84. The minimum absolute atomic E-state index is 0.189. The summed E-state index contributed by atoms with van der Waals surface area (Å²) >= 11 is 6.55. The van der Waals surface area contributed by atoms with Crippen LogP contribution < -0.4 is 0 Å². The molecular weight excluding hydrogens is 280 g/mol. The van der Waals surface area contributed by atoms with Crippen molar-refractivity contribution in [3.8, 4) is 0 Å². The first-order valence-electron chi connectivity index (χ1n) is 8.10. The number of aryl methyl sites for hydroxylation is 1. The molecule has 1 nitrogen and oxygen atoms in total. The van der Waals surface area contributed by atoms with Crippen LogP contribution in [0.2, 0.25) is 0 Å². The van der Waals surface area contributed by atoms with Crippen LogP contribution in [0.15, 0.2) is 40.8 Å². The summed E-state index contributed by atoms with van der Waals surface area (Å²) in [6.07, 6.45) is 7.72. The fourth-order valence-electron chi connectivity index (χ4n) is 3.26. The van der Waals surface area contributed by atoms with Crippen LogP contribution in [0, 0.1) is 0 Å². The van der Waals surface area contributed by atoms with Crippen LogP contribution in [0.4, 0.5) is 0 Å². The summed E-state index contributed by atoms with van der Waals surface area (Å²) < 4.78 is 5.76. The zero-order valence-electron chi connectivity index (χ0n) is 12.6. The first-order chi connectivity index (χ1) is 10.3. The second kappa shape index (κ2) is 6.70. The lowest BCUT2D eigenvalue weighted by molar-refractivity contribution is 0.443. The molecule has 1 aromatic heterocycles. The molecule has 0 bridgehead atoms. The Morgan fingerprint density at radius 3 is 2.38 bits per heavy atom. The third-order valence-corrected chi connectivity index (χ3v) is 5.05. The van der Waals surface area contributed by atoms with Gasteiger partial charge in [0.2, 0.25) is 0 Å². The highest BCUT2D eigenvalue weighted by molar-refractivity contribution is 6.22. The Morgan fingerprint density at radius 2 is 1.76 bits per heavy atom. The molecule has 112 valence electrons. The first-order valence-corrected chi connectivity index (χ1v) is 8.54. The normalized spacial score (nSPS) is 17.8. The quantitative estimate of drug-likeness (QED) is 0.611. The van der Waals surface area contributed by atoms with E-state index in [1.807, 2.05) is 12.1 Å². The topological polar surface area (TPSA) is 13.1 Å². The minimum atomic E-state index is -0.189. The van der Waals surface area contributed by atoms with E-state index in [1.165, 1.54) is 37.7 Å². The summed E-state index contributed by atoms with van der Waals surface area (Å²) in [7, 11) is 0. The summed E-state index contributed by atoms with van der Waals surface area (Å²) in [5, 5.41) is -0.189. The van der Waals surface area contributed by atoms with Crippen LogP contribution in [0.5, 0.6) is 0 Å². The highest BCUT2D eigenvalue weighted by Crippen LogP contribution is 2.35. The Morgan fingerprint density at radius 1 is 1.05 bits per heavy atom. The molecule has 1 saturated carbocycles. The third-order valence-electron chi connectivity index (χ3n) is 4.59. The van der Waals surface area contributed by atoms with Crippen LogP contribution >= 0.6 is 11.6 Å². The summed E-state index contributed by atoms with van der Waals surface area (Å²) in [5.74, 6) is 2.59. The van der Waals surface area contributed by atoms with Gasteiger partial charge in [0.15, 0.2) is 0 Å². The molecule has 2 aromatic rings. The molecule has 0 aliphatic heterocycles. The summed E-state index contributed by atoms with van der Waals surface area (Å²) in [6, 6.07) is 12.8. The highest BCUT2D eigenvalue weighted by atomic mass is 35.5. The van der Waals surface area contributed by atoms with E-state index in [-0.39, 0.29) is 5.38 Å². The molecule has 1 heterocycles. The standard InChI is InChI=1S/C19H23ClO/c1-2-17-12-13-18(21-17)19(20)16-10-8-15(9-11-16)14-6-4-3-5-7-14/h8-14,19H,2-7H2,1H3. The molecule has 0 N–H and O–H groups in total. The van der Waals surface area contributed by atoms with Gasteiger partial charge in [0, 0.05) is 6.42 Å². The van der Waals surface area contributed by atoms with E-state index in [9.17, 15) is 0 Å². The van der Waals surface area contributed by atoms with Gasteiger partial charge >= 0.3 is 0 Å². The molecule has 0 spiro atoms. The summed E-state index contributed by atoms with van der Waals surface area (Å²) in [5.41, 5.74) is 2.59. The van der Waals surface area contributed by atoms with E-state index in [1.54, 1.807) is 0 Å². The van der Waals surface area contributed by atoms with Crippen LogP contribution in [0.1, 0.15) is 73.0 Å². The number of alkyl halides is 1. The number of rotatable bonds is 4. The minimum Gasteiger partial charge on any atom is -0.464 e. The van der Waals surface area contributed by atoms with Crippen molar-refractivity contribution in [2.45, 2.75) is 56.7 Å². The van der Waals surface area contributed by atoms with Crippen LogP contribution in [-0.4, -0.2) is 0 Å². The van der Waals surface area contributed by atoms with Crippen molar-refractivity contribution in [1.29, 1.82) is 0 Å². The molecule has 1 aliphatic rings. The molecule has 1 atom stereocenters. The lowest BCUT2D eigenvalue weighted by Gasteiger charge is -2.22. The fraction of sp³-hybridized carbons (Fsp3) is 0.474. The maximum absolute atomic E-state index is 6.55. The van der Waals surface area contributed by atoms with Crippen molar-refractivity contribution in [2.24, 2.45) is 0 Å². The number of furan rings is 1. The van der Waals surface area contributed by atoms with Gasteiger partial charge in [-0.3, -0.25) is 0 Å². The smallest absolute Gasteiger partial charge is 0.126 e. The Labute approximate surface area is 132 Å². The van der Waals surface area contributed by atoms with E-state index >= 15 is 0 Å². The predicted molar refractivity (Wildman–Crippen MR) is 88.1 cm³/mol. The van der Waals surface area contributed by atoms with Crippen molar-refractivity contribution in [3.63, 3.8) is 0 Å². The maximum Gasteiger partial charge on any atom is 0.126 e. The first kappa shape index (κ1) is 14.7. The number of hydrogen-bond donors (Lipinski definition) is 0. The van der Waals surface area contributed by atoms with Gasteiger partial charge in [-0.05, 0) is 42.0 Å². The summed E-state index contributed by atoms with van der Waals surface area (Å²) in [4.78, 5) is 0. The van der Waals surface area contributed by atoms with E-state index in [2.05, 4.69) is 31.2 Å². The molecule has 1 fully saturated rings. The zero-order chi connectivity index (χ0) is 14.7. The van der Waals surface area contributed by atoms with E-state index in [4.69, 9.17) is 16.0 Å². The number of hydrogen-bond acceptors (Lipinski definition) is 1. The van der Waals surface area contributed by atoms with E-state index in [0.29, 0.717) is 0 Å². The SMILES string of the molecule is CCc1ccc(C(Cl)c2ccc(C3CCCCC3)cc2)o1. The van der Waals surface area contributed by atoms with Gasteiger partial charge in [0.05, 0.1) is 0 Å². The van der Waals surface area contributed by atoms with Crippen molar-refractivity contribution in [1.82, 2.24) is 0 Å². The van der Waals surface area contributed by atoms with Crippen molar-refractivity contribution < 1.29 is 4.42 Å². The molecule has 0 amide bonds. The Bertz CT molecular complexity index is 564. The van der Waals surface area contributed by atoms with Crippen LogP contribution in [-0.2, 0) is 6.42 Å². The second-order valence-electron chi connectivity index (χ2n) is 6.02. The van der Waals surface area contributed by atoms with E-state index in [0.717, 1.165) is 29.4 Å². The molecule has 2 heteroatoms. The van der Waals surface area contributed by atoms with Crippen molar-refractivity contribution >= 4 is 11.6 Å². The molecule has 1 aliphatic carbocycles. The van der Waals surface area contributed by atoms with Crippen molar-refractivity contribution in [3.05, 3.63) is 59.0 Å². The largest absolute Gasteiger partial charge is 0.464 e. The van der Waals surface area contributed by atoms with Crippen LogP contribution in [0.3, 0.4) is 0 Å². The molecule has 3 rings (SSSR count). The van der Waals surface area contributed by atoms with Gasteiger partial charge < -0.3 is 4.42 Å².